The quantitative estimate of drug-likeness (QED) is 0.281. The van der Waals surface area contributed by atoms with Gasteiger partial charge in [0.2, 0.25) is 6.79 Å². The van der Waals surface area contributed by atoms with Gasteiger partial charge in [-0.25, -0.2) is 0 Å². The Morgan fingerprint density at radius 1 is 1.12 bits per heavy atom. The molecular formula is C23H22IN3O4S. The molecular weight excluding hydrogens is 541 g/mol. The van der Waals surface area contributed by atoms with Gasteiger partial charge in [0.05, 0.1) is 17.4 Å². The van der Waals surface area contributed by atoms with Gasteiger partial charge in [-0.2, -0.15) is 0 Å². The molecule has 0 radical (unpaired) electrons. The van der Waals surface area contributed by atoms with E-state index in [2.05, 4.69) is 32.9 Å². The first-order valence-corrected chi connectivity index (χ1v) is 12.2. The summed E-state index contributed by atoms with van der Waals surface area (Å²) in [5, 5.41) is 3.61. The van der Waals surface area contributed by atoms with Crippen LogP contribution in [0, 0.1) is 4.77 Å². The Bertz CT molecular complexity index is 1310. The SMILES string of the molecule is O=C(NC1CCC(I)CC1)c1ccc2c(=O)n(Cc3ccc4c(c3)OCO4)c(=S)[nH]c2c1. The fourth-order valence-corrected chi connectivity index (χ4v) is 5.20. The fraction of sp³-hybridized carbons (Fsp3) is 0.348. The second-order valence-electron chi connectivity index (χ2n) is 8.19. The molecule has 1 saturated carbocycles. The lowest BCUT2D eigenvalue weighted by Gasteiger charge is -2.26. The Morgan fingerprint density at radius 3 is 2.72 bits per heavy atom. The molecule has 1 aliphatic heterocycles. The van der Waals surface area contributed by atoms with E-state index in [0.29, 0.717) is 43.2 Å². The summed E-state index contributed by atoms with van der Waals surface area (Å²) < 4.78 is 13.3. The molecule has 1 fully saturated rings. The van der Waals surface area contributed by atoms with Crippen molar-refractivity contribution in [1.82, 2.24) is 14.9 Å². The number of rotatable bonds is 4. The zero-order valence-corrected chi connectivity index (χ0v) is 20.2. The van der Waals surface area contributed by atoms with Gasteiger partial charge in [0, 0.05) is 15.5 Å². The molecule has 1 aliphatic carbocycles. The number of amides is 1. The molecule has 166 valence electrons. The van der Waals surface area contributed by atoms with Crippen molar-refractivity contribution >= 4 is 51.6 Å². The Kier molecular flexibility index (Phi) is 5.93. The molecule has 0 saturated heterocycles. The molecule has 0 unspecified atom stereocenters. The molecule has 2 heterocycles. The van der Waals surface area contributed by atoms with Crippen molar-refractivity contribution in [2.24, 2.45) is 0 Å². The van der Waals surface area contributed by atoms with Crippen LogP contribution in [0.2, 0.25) is 0 Å². The number of aromatic amines is 1. The summed E-state index contributed by atoms with van der Waals surface area (Å²) in [7, 11) is 0. The Hall–Kier alpha value is -2.40. The van der Waals surface area contributed by atoms with E-state index in [4.69, 9.17) is 21.7 Å². The van der Waals surface area contributed by atoms with Crippen LogP contribution in [0.5, 0.6) is 11.5 Å². The zero-order chi connectivity index (χ0) is 22.2. The molecule has 1 amide bonds. The number of hydrogen-bond acceptors (Lipinski definition) is 5. The molecule has 9 heteroatoms. The smallest absolute Gasteiger partial charge is 0.262 e. The highest BCUT2D eigenvalue weighted by molar-refractivity contribution is 14.1. The van der Waals surface area contributed by atoms with Crippen LogP contribution in [0.1, 0.15) is 41.6 Å². The zero-order valence-electron chi connectivity index (χ0n) is 17.2. The van der Waals surface area contributed by atoms with Crippen molar-refractivity contribution in [3.8, 4) is 11.5 Å². The predicted octanol–water partition coefficient (Wildman–Crippen LogP) is 4.31. The van der Waals surface area contributed by atoms with Gasteiger partial charge < -0.3 is 19.8 Å². The van der Waals surface area contributed by atoms with E-state index in [1.165, 1.54) is 4.57 Å². The number of H-pyrrole nitrogens is 1. The summed E-state index contributed by atoms with van der Waals surface area (Å²) in [6.07, 6.45) is 4.25. The van der Waals surface area contributed by atoms with E-state index < -0.39 is 0 Å². The van der Waals surface area contributed by atoms with Crippen LogP contribution < -0.4 is 20.3 Å². The van der Waals surface area contributed by atoms with Gasteiger partial charge >= 0.3 is 0 Å². The van der Waals surface area contributed by atoms with Crippen LogP contribution >= 0.6 is 34.8 Å². The lowest BCUT2D eigenvalue weighted by atomic mass is 9.95. The van der Waals surface area contributed by atoms with Gasteiger partial charge in [0.1, 0.15) is 0 Å². The van der Waals surface area contributed by atoms with E-state index in [1.54, 1.807) is 18.2 Å². The van der Waals surface area contributed by atoms with E-state index in [1.807, 2.05) is 18.2 Å². The van der Waals surface area contributed by atoms with Crippen molar-refractivity contribution in [2.45, 2.75) is 42.2 Å². The standard InChI is InChI=1S/C23H22IN3O4S/c24-15-3-5-16(6-4-15)25-21(28)14-2-7-17-18(10-14)26-23(32)27(22(17)29)11-13-1-8-19-20(9-13)31-12-30-19/h1-2,7-10,15-16H,3-6,11-12H2,(H,25,28)(H,26,32). The summed E-state index contributed by atoms with van der Waals surface area (Å²) in [4.78, 5) is 29.0. The van der Waals surface area contributed by atoms with E-state index >= 15 is 0 Å². The minimum Gasteiger partial charge on any atom is -0.454 e. The van der Waals surface area contributed by atoms with Gasteiger partial charge in [-0.15, -0.1) is 0 Å². The molecule has 7 nitrogen and oxygen atoms in total. The number of ether oxygens (including phenoxy) is 2. The minimum atomic E-state index is -0.200. The van der Waals surface area contributed by atoms with Gasteiger partial charge in [0.25, 0.3) is 11.5 Å². The number of alkyl halides is 1. The Balaban J connectivity index is 1.40. The maximum atomic E-state index is 13.1. The molecule has 5 rings (SSSR count). The van der Waals surface area contributed by atoms with Crippen LogP contribution in [0.4, 0.5) is 0 Å². The first-order chi connectivity index (χ1) is 15.5. The highest BCUT2D eigenvalue weighted by atomic mass is 127. The highest BCUT2D eigenvalue weighted by Gasteiger charge is 2.21. The number of carbonyl (C=O) groups excluding carboxylic acids is 1. The van der Waals surface area contributed by atoms with Crippen molar-refractivity contribution in [1.29, 1.82) is 0 Å². The second kappa shape index (κ2) is 8.86. The average Bonchev–Trinajstić information content (AvgIpc) is 3.25. The van der Waals surface area contributed by atoms with Crippen LogP contribution in [-0.2, 0) is 6.54 Å². The molecule has 1 aromatic heterocycles. The molecule has 0 spiro atoms. The first-order valence-electron chi connectivity index (χ1n) is 10.6. The predicted molar refractivity (Wildman–Crippen MR) is 133 cm³/mol. The molecule has 3 aromatic rings. The Morgan fingerprint density at radius 2 is 1.91 bits per heavy atom. The van der Waals surface area contributed by atoms with Crippen LogP contribution in [0.15, 0.2) is 41.2 Å². The topological polar surface area (TPSA) is 85.3 Å². The number of halogens is 1. The van der Waals surface area contributed by atoms with Crippen molar-refractivity contribution in [3.05, 3.63) is 62.6 Å². The number of carbonyl (C=O) groups is 1. The van der Waals surface area contributed by atoms with Crippen molar-refractivity contribution in [2.75, 3.05) is 6.79 Å². The fourth-order valence-electron chi connectivity index (χ4n) is 4.23. The van der Waals surface area contributed by atoms with Gasteiger partial charge in [0.15, 0.2) is 16.3 Å². The third kappa shape index (κ3) is 4.27. The molecule has 32 heavy (non-hydrogen) atoms. The molecule has 2 aromatic carbocycles. The first kappa shape index (κ1) is 21.4. The monoisotopic (exact) mass is 563 g/mol. The van der Waals surface area contributed by atoms with Crippen molar-refractivity contribution in [3.63, 3.8) is 0 Å². The van der Waals surface area contributed by atoms with E-state index in [0.717, 1.165) is 31.2 Å². The van der Waals surface area contributed by atoms with Crippen molar-refractivity contribution < 1.29 is 14.3 Å². The highest BCUT2D eigenvalue weighted by Crippen LogP contribution is 2.32. The summed E-state index contributed by atoms with van der Waals surface area (Å²) >= 11 is 7.94. The summed E-state index contributed by atoms with van der Waals surface area (Å²) in [6.45, 7) is 0.507. The van der Waals surface area contributed by atoms with Crippen LogP contribution in [0.3, 0.4) is 0 Å². The van der Waals surface area contributed by atoms with Gasteiger partial charge in [-0.05, 0) is 73.8 Å². The van der Waals surface area contributed by atoms with Crippen LogP contribution in [-0.4, -0.2) is 32.2 Å². The molecule has 2 N–H and O–H groups in total. The number of aromatic nitrogens is 2. The number of fused-ring (bicyclic) bond motifs is 2. The van der Waals surface area contributed by atoms with E-state index in [-0.39, 0.29) is 24.3 Å². The normalized spacial score (nSPS) is 19.8. The lowest BCUT2D eigenvalue weighted by Crippen LogP contribution is -2.37. The number of hydrogen-bond donors (Lipinski definition) is 2. The Labute approximate surface area is 203 Å². The molecule has 0 atom stereocenters. The minimum absolute atomic E-state index is 0.118. The number of benzene rings is 2. The third-order valence-corrected chi connectivity index (χ3v) is 7.58. The van der Waals surface area contributed by atoms with Gasteiger partial charge in [-0.3, -0.25) is 14.2 Å². The summed E-state index contributed by atoms with van der Waals surface area (Å²) in [5.74, 6) is 1.24. The molecule has 2 aliphatic rings. The van der Waals surface area contributed by atoms with Gasteiger partial charge in [-0.1, -0.05) is 28.7 Å². The summed E-state index contributed by atoms with van der Waals surface area (Å²) in [5.41, 5.74) is 1.76. The average molecular weight is 563 g/mol. The number of nitrogens with zero attached hydrogens (tertiary/aromatic N) is 1. The molecule has 0 bridgehead atoms. The van der Waals surface area contributed by atoms with E-state index in [9.17, 15) is 9.59 Å². The summed E-state index contributed by atoms with van der Waals surface area (Å²) in [6, 6.07) is 10.9. The largest absolute Gasteiger partial charge is 0.454 e. The lowest BCUT2D eigenvalue weighted by molar-refractivity contribution is 0.0928. The number of nitrogens with one attached hydrogen (secondary N) is 2. The maximum absolute atomic E-state index is 13.1. The second-order valence-corrected chi connectivity index (χ2v) is 10.3. The maximum Gasteiger partial charge on any atom is 0.262 e. The van der Waals surface area contributed by atoms with Crippen LogP contribution in [0.25, 0.3) is 10.9 Å². The third-order valence-electron chi connectivity index (χ3n) is 6.01.